The van der Waals surface area contributed by atoms with Gasteiger partial charge >= 0.3 is 12.1 Å². The lowest BCUT2D eigenvalue weighted by molar-refractivity contribution is -0.148. The van der Waals surface area contributed by atoms with Crippen LogP contribution in [0.4, 0.5) is 4.79 Å². The van der Waals surface area contributed by atoms with Crippen LogP contribution in [0, 0.1) is 5.92 Å². The van der Waals surface area contributed by atoms with Crippen LogP contribution in [0.2, 0.25) is 0 Å². The number of alkyl carbamates (subject to hydrolysis) is 1. The number of nitrogens with one attached hydrogen (secondary N) is 1. The first kappa shape index (κ1) is 14.8. The van der Waals surface area contributed by atoms with Crippen molar-refractivity contribution in [1.29, 1.82) is 0 Å². The quantitative estimate of drug-likeness (QED) is 0.797. The molecule has 0 radical (unpaired) electrons. The first-order valence-electron chi connectivity index (χ1n) is 6.42. The minimum Gasteiger partial charge on any atom is -0.479 e. The fourth-order valence-corrected chi connectivity index (χ4v) is 2.39. The molecule has 2 atom stereocenters. The lowest BCUT2D eigenvalue weighted by Gasteiger charge is -2.39. The Balaban J connectivity index is 2.80. The Bertz CT molecular complexity index is 334. The highest BCUT2D eigenvalue weighted by atomic mass is 16.6. The minimum atomic E-state index is -1.18. The Morgan fingerprint density at radius 3 is 2.39 bits per heavy atom. The van der Waals surface area contributed by atoms with E-state index in [9.17, 15) is 14.7 Å². The third kappa shape index (κ3) is 3.37. The summed E-state index contributed by atoms with van der Waals surface area (Å²) in [5.41, 5.74) is -1.80. The number of carboxylic acid groups (broad SMARTS) is 1. The maximum Gasteiger partial charge on any atom is 0.408 e. The molecule has 2 unspecified atom stereocenters. The second-order valence-electron chi connectivity index (χ2n) is 6.05. The number of rotatable bonds is 2. The number of ether oxygens (including phenoxy) is 1. The predicted octanol–water partition coefficient (Wildman–Crippen LogP) is 2.54. The highest BCUT2D eigenvalue weighted by Crippen LogP contribution is 2.34. The van der Waals surface area contributed by atoms with Crippen molar-refractivity contribution in [2.24, 2.45) is 5.92 Å². The molecule has 1 amide bonds. The van der Waals surface area contributed by atoms with E-state index < -0.39 is 23.2 Å². The largest absolute Gasteiger partial charge is 0.479 e. The number of hydrogen-bond donors (Lipinski definition) is 2. The maximum absolute atomic E-state index is 11.8. The van der Waals surface area contributed by atoms with Gasteiger partial charge in [0.05, 0.1) is 0 Å². The number of carbonyl (C=O) groups is 2. The first-order chi connectivity index (χ1) is 8.17. The summed E-state index contributed by atoms with van der Waals surface area (Å²) in [4.78, 5) is 23.3. The molecule has 0 heterocycles. The van der Waals surface area contributed by atoms with E-state index in [1.165, 1.54) is 0 Å². The van der Waals surface area contributed by atoms with Gasteiger partial charge < -0.3 is 15.2 Å². The number of carboxylic acids is 1. The van der Waals surface area contributed by atoms with Gasteiger partial charge in [-0.15, -0.1) is 0 Å². The highest BCUT2D eigenvalue weighted by Gasteiger charge is 2.47. The van der Waals surface area contributed by atoms with Crippen LogP contribution in [-0.4, -0.2) is 28.3 Å². The molecule has 1 rings (SSSR count). The predicted molar refractivity (Wildman–Crippen MR) is 67.4 cm³/mol. The van der Waals surface area contributed by atoms with Gasteiger partial charge in [0, 0.05) is 0 Å². The van der Waals surface area contributed by atoms with Crippen LogP contribution in [-0.2, 0) is 9.53 Å². The fraction of sp³-hybridized carbons (Fsp3) is 0.846. The van der Waals surface area contributed by atoms with Crippen molar-refractivity contribution in [3.8, 4) is 0 Å². The van der Waals surface area contributed by atoms with Gasteiger partial charge in [0.15, 0.2) is 0 Å². The molecule has 1 aliphatic rings. The van der Waals surface area contributed by atoms with Crippen molar-refractivity contribution in [3.05, 3.63) is 0 Å². The van der Waals surface area contributed by atoms with E-state index in [2.05, 4.69) is 5.32 Å². The molecule has 0 aliphatic heterocycles. The van der Waals surface area contributed by atoms with Crippen LogP contribution >= 0.6 is 0 Å². The molecule has 0 aromatic carbocycles. The van der Waals surface area contributed by atoms with Crippen LogP contribution in [0.3, 0.4) is 0 Å². The van der Waals surface area contributed by atoms with E-state index in [1.807, 2.05) is 6.92 Å². The lowest BCUT2D eigenvalue weighted by atomic mass is 9.73. The monoisotopic (exact) mass is 257 g/mol. The molecule has 0 spiro atoms. The Morgan fingerprint density at radius 1 is 1.33 bits per heavy atom. The average molecular weight is 257 g/mol. The summed E-state index contributed by atoms with van der Waals surface area (Å²) < 4.78 is 5.15. The molecular formula is C13H23NO4. The number of amides is 1. The van der Waals surface area contributed by atoms with E-state index in [0.29, 0.717) is 6.42 Å². The normalized spacial score (nSPS) is 28.6. The van der Waals surface area contributed by atoms with Gasteiger partial charge in [0.2, 0.25) is 0 Å². The molecule has 2 N–H and O–H groups in total. The van der Waals surface area contributed by atoms with Crippen molar-refractivity contribution in [2.75, 3.05) is 0 Å². The third-order valence-corrected chi connectivity index (χ3v) is 3.41. The van der Waals surface area contributed by atoms with Gasteiger partial charge in [-0.3, -0.25) is 0 Å². The van der Waals surface area contributed by atoms with Crippen LogP contribution in [0.25, 0.3) is 0 Å². The first-order valence-corrected chi connectivity index (χ1v) is 6.42. The molecule has 0 saturated heterocycles. The molecule has 5 heteroatoms. The summed E-state index contributed by atoms with van der Waals surface area (Å²) in [6.07, 6.45) is 2.43. The van der Waals surface area contributed by atoms with Gasteiger partial charge in [-0.1, -0.05) is 19.8 Å². The second-order valence-corrected chi connectivity index (χ2v) is 6.05. The minimum absolute atomic E-state index is 0.0868. The zero-order valence-corrected chi connectivity index (χ0v) is 11.6. The molecule has 5 nitrogen and oxygen atoms in total. The molecule has 18 heavy (non-hydrogen) atoms. The molecule has 104 valence electrons. The Kier molecular flexibility index (Phi) is 4.24. The maximum atomic E-state index is 11.8. The van der Waals surface area contributed by atoms with Gasteiger partial charge in [-0.05, 0) is 39.5 Å². The lowest BCUT2D eigenvalue weighted by Crippen LogP contribution is -2.60. The van der Waals surface area contributed by atoms with E-state index in [1.54, 1.807) is 20.8 Å². The van der Waals surface area contributed by atoms with E-state index >= 15 is 0 Å². The molecule has 0 aromatic rings. The van der Waals surface area contributed by atoms with Gasteiger partial charge in [-0.2, -0.15) is 0 Å². The van der Waals surface area contributed by atoms with E-state index in [4.69, 9.17) is 4.74 Å². The molecule has 0 aromatic heterocycles. The zero-order chi connectivity index (χ0) is 14.0. The van der Waals surface area contributed by atoms with Crippen LogP contribution in [0.15, 0.2) is 0 Å². The van der Waals surface area contributed by atoms with Crippen molar-refractivity contribution in [2.45, 2.75) is 64.5 Å². The van der Waals surface area contributed by atoms with Gasteiger partial charge in [0.1, 0.15) is 11.1 Å². The summed E-state index contributed by atoms with van der Waals surface area (Å²) >= 11 is 0. The zero-order valence-electron chi connectivity index (χ0n) is 11.6. The van der Waals surface area contributed by atoms with Crippen LogP contribution < -0.4 is 5.32 Å². The fourth-order valence-electron chi connectivity index (χ4n) is 2.39. The third-order valence-electron chi connectivity index (χ3n) is 3.41. The Morgan fingerprint density at radius 2 is 1.94 bits per heavy atom. The molecular weight excluding hydrogens is 234 g/mol. The SMILES string of the molecule is CC1CCCCC1(NC(=O)OC(C)(C)C)C(=O)O. The highest BCUT2D eigenvalue weighted by molar-refractivity contribution is 5.85. The number of hydrogen-bond acceptors (Lipinski definition) is 3. The molecule has 1 saturated carbocycles. The molecule has 0 bridgehead atoms. The van der Waals surface area contributed by atoms with Crippen molar-refractivity contribution < 1.29 is 19.4 Å². The van der Waals surface area contributed by atoms with Gasteiger partial charge in [0.25, 0.3) is 0 Å². The Hall–Kier alpha value is -1.26. The van der Waals surface area contributed by atoms with Crippen LogP contribution in [0.5, 0.6) is 0 Å². The van der Waals surface area contributed by atoms with Crippen molar-refractivity contribution in [1.82, 2.24) is 5.32 Å². The van der Waals surface area contributed by atoms with E-state index in [-0.39, 0.29) is 5.92 Å². The summed E-state index contributed by atoms with van der Waals surface area (Å²) in [5.74, 6) is -1.06. The van der Waals surface area contributed by atoms with Crippen molar-refractivity contribution >= 4 is 12.1 Å². The number of carbonyl (C=O) groups excluding carboxylic acids is 1. The van der Waals surface area contributed by atoms with Crippen molar-refractivity contribution in [3.63, 3.8) is 0 Å². The molecule has 1 aliphatic carbocycles. The second kappa shape index (κ2) is 5.16. The van der Waals surface area contributed by atoms with E-state index in [0.717, 1.165) is 19.3 Å². The van der Waals surface area contributed by atoms with Crippen LogP contribution in [0.1, 0.15) is 53.4 Å². The average Bonchev–Trinajstić information content (AvgIpc) is 2.18. The smallest absolute Gasteiger partial charge is 0.408 e. The summed E-state index contributed by atoms with van der Waals surface area (Å²) in [5, 5.41) is 12.0. The molecule has 1 fully saturated rings. The van der Waals surface area contributed by atoms with Gasteiger partial charge in [-0.25, -0.2) is 9.59 Å². The Labute approximate surface area is 108 Å². The number of aliphatic carboxylic acids is 1. The summed E-state index contributed by atoms with van der Waals surface area (Å²) in [7, 11) is 0. The standard InChI is InChI=1S/C13H23NO4/c1-9-7-5-6-8-13(9,10(15)16)14-11(17)18-12(2,3)4/h9H,5-8H2,1-4H3,(H,14,17)(H,15,16). The summed E-state index contributed by atoms with van der Waals surface area (Å²) in [6.45, 7) is 7.13. The topological polar surface area (TPSA) is 75.6 Å². The summed E-state index contributed by atoms with van der Waals surface area (Å²) in [6, 6.07) is 0.